The number of carbonyl (C=O) groups excluding carboxylic acids is 1. The average molecular weight is 300 g/mol. The first-order valence-corrected chi connectivity index (χ1v) is 6.58. The third-order valence-corrected chi connectivity index (χ3v) is 3.55. The summed E-state index contributed by atoms with van der Waals surface area (Å²) in [5, 5.41) is 22.5. The molecule has 1 heterocycles. The fraction of sp³-hybridized carbons (Fsp3) is 0.417. The molecule has 17 heavy (non-hydrogen) atoms. The zero-order valence-corrected chi connectivity index (χ0v) is 10.8. The normalized spacial score (nSPS) is 18.2. The maximum atomic E-state index is 11.2. The number of aryl methyl sites for hydroxylation is 1. The zero-order valence-electron chi connectivity index (χ0n) is 9.19. The molecule has 0 spiro atoms. The van der Waals surface area contributed by atoms with E-state index < -0.39 is 12.2 Å². The number of amides is 1. The molecule has 1 amide bonds. The quantitative estimate of drug-likeness (QED) is 0.738. The maximum absolute atomic E-state index is 11.2. The lowest BCUT2D eigenvalue weighted by atomic mass is 9.97. The van der Waals surface area contributed by atoms with Crippen LogP contribution in [0.15, 0.2) is 18.2 Å². The van der Waals surface area contributed by atoms with Crippen LogP contribution in [0.2, 0.25) is 0 Å². The SMILES string of the molecule is O=C1CCc2cc(C(O)C(O)CBr)ccc2N1. The van der Waals surface area contributed by atoms with Crippen LogP contribution in [0, 0.1) is 0 Å². The summed E-state index contributed by atoms with van der Waals surface area (Å²) in [6.45, 7) is 0. The molecule has 1 aliphatic rings. The smallest absolute Gasteiger partial charge is 0.224 e. The molecular weight excluding hydrogens is 286 g/mol. The van der Waals surface area contributed by atoms with Crippen molar-refractivity contribution in [1.82, 2.24) is 0 Å². The van der Waals surface area contributed by atoms with E-state index in [2.05, 4.69) is 21.2 Å². The van der Waals surface area contributed by atoms with E-state index >= 15 is 0 Å². The summed E-state index contributed by atoms with van der Waals surface area (Å²) in [5.74, 6) is 0.0197. The van der Waals surface area contributed by atoms with Crippen molar-refractivity contribution >= 4 is 27.5 Å². The van der Waals surface area contributed by atoms with Crippen LogP contribution in [0.3, 0.4) is 0 Å². The first kappa shape index (κ1) is 12.5. The van der Waals surface area contributed by atoms with Gasteiger partial charge in [0.2, 0.25) is 5.91 Å². The Hall–Kier alpha value is -0.910. The summed E-state index contributed by atoms with van der Waals surface area (Å²) in [6.07, 6.45) is -0.594. The molecule has 0 aliphatic carbocycles. The molecule has 0 saturated carbocycles. The number of carbonyl (C=O) groups is 1. The molecule has 0 fully saturated rings. The van der Waals surface area contributed by atoms with Crippen LogP contribution >= 0.6 is 15.9 Å². The van der Waals surface area contributed by atoms with Crippen LogP contribution in [-0.4, -0.2) is 27.6 Å². The molecule has 0 bridgehead atoms. The summed E-state index contributed by atoms with van der Waals surface area (Å²) in [6, 6.07) is 5.33. The molecule has 92 valence electrons. The molecule has 1 aliphatic heterocycles. The minimum absolute atomic E-state index is 0.0197. The highest BCUT2D eigenvalue weighted by Crippen LogP contribution is 2.27. The lowest BCUT2D eigenvalue weighted by Gasteiger charge is -2.21. The fourth-order valence-electron chi connectivity index (χ4n) is 1.89. The van der Waals surface area contributed by atoms with E-state index in [1.807, 2.05) is 6.07 Å². The second kappa shape index (κ2) is 5.16. The molecule has 0 saturated heterocycles. The number of nitrogens with one attached hydrogen (secondary N) is 1. The number of hydrogen-bond donors (Lipinski definition) is 3. The van der Waals surface area contributed by atoms with Gasteiger partial charge in [-0.25, -0.2) is 0 Å². The largest absolute Gasteiger partial charge is 0.389 e. The lowest BCUT2D eigenvalue weighted by Crippen LogP contribution is -2.22. The molecule has 0 radical (unpaired) electrons. The van der Waals surface area contributed by atoms with Crippen molar-refractivity contribution in [3.05, 3.63) is 29.3 Å². The second-order valence-corrected chi connectivity index (χ2v) is 4.78. The molecule has 4 nitrogen and oxygen atoms in total. The number of benzene rings is 1. The highest BCUT2D eigenvalue weighted by molar-refractivity contribution is 9.09. The number of aliphatic hydroxyl groups is 2. The number of fused-ring (bicyclic) bond motifs is 1. The summed E-state index contributed by atoms with van der Waals surface area (Å²) in [7, 11) is 0. The van der Waals surface area contributed by atoms with Crippen LogP contribution < -0.4 is 5.32 Å². The van der Waals surface area contributed by atoms with E-state index in [1.165, 1.54) is 0 Å². The van der Waals surface area contributed by atoms with E-state index in [0.29, 0.717) is 23.7 Å². The van der Waals surface area contributed by atoms with Crippen molar-refractivity contribution < 1.29 is 15.0 Å². The minimum Gasteiger partial charge on any atom is -0.389 e. The first-order chi connectivity index (χ1) is 8.11. The molecule has 2 rings (SSSR count). The minimum atomic E-state index is -0.905. The van der Waals surface area contributed by atoms with Gasteiger partial charge in [-0.05, 0) is 23.6 Å². The van der Waals surface area contributed by atoms with Crippen molar-refractivity contribution in [2.24, 2.45) is 0 Å². The summed E-state index contributed by atoms with van der Waals surface area (Å²) < 4.78 is 0. The zero-order chi connectivity index (χ0) is 12.4. The van der Waals surface area contributed by atoms with Gasteiger partial charge in [0.1, 0.15) is 6.10 Å². The third-order valence-electron chi connectivity index (χ3n) is 2.89. The number of aliphatic hydroxyl groups excluding tert-OH is 2. The Morgan fingerprint density at radius 3 is 2.82 bits per heavy atom. The molecule has 2 unspecified atom stereocenters. The number of rotatable bonds is 3. The third kappa shape index (κ3) is 2.68. The predicted octanol–water partition coefficient (Wildman–Crippen LogP) is 1.36. The van der Waals surface area contributed by atoms with Gasteiger partial charge < -0.3 is 15.5 Å². The molecular formula is C12H14BrNO3. The van der Waals surface area contributed by atoms with E-state index in [1.54, 1.807) is 12.1 Å². The van der Waals surface area contributed by atoms with Gasteiger partial charge in [-0.15, -0.1) is 0 Å². The van der Waals surface area contributed by atoms with Crippen LogP contribution in [0.1, 0.15) is 23.7 Å². The lowest BCUT2D eigenvalue weighted by molar-refractivity contribution is -0.116. The Bertz CT molecular complexity index is 436. The monoisotopic (exact) mass is 299 g/mol. The van der Waals surface area contributed by atoms with Crippen LogP contribution in [0.25, 0.3) is 0 Å². The maximum Gasteiger partial charge on any atom is 0.224 e. The molecule has 5 heteroatoms. The summed E-state index contributed by atoms with van der Waals surface area (Å²) in [4.78, 5) is 11.2. The molecule has 0 aromatic heterocycles. The van der Waals surface area contributed by atoms with E-state index in [0.717, 1.165) is 11.3 Å². The number of anilines is 1. The van der Waals surface area contributed by atoms with Gasteiger partial charge in [0.25, 0.3) is 0 Å². The van der Waals surface area contributed by atoms with E-state index in [9.17, 15) is 15.0 Å². The Morgan fingerprint density at radius 1 is 1.35 bits per heavy atom. The molecule has 1 aromatic carbocycles. The summed E-state index contributed by atoms with van der Waals surface area (Å²) in [5.41, 5.74) is 2.47. The van der Waals surface area contributed by atoms with Gasteiger partial charge in [0, 0.05) is 17.4 Å². The van der Waals surface area contributed by atoms with Crippen molar-refractivity contribution in [1.29, 1.82) is 0 Å². The average Bonchev–Trinajstić information content (AvgIpc) is 2.36. The standard InChI is InChI=1S/C12H14BrNO3/c13-6-10(15)12(17)8-1-3-9-7(5-8)2-4-11(16)14-9/h1,3,5,10,12,15,17H,2,4,6H2,(H,14,16). The summed E-state index contributed by atoms with van der Waals surface area (Å²) >= 11 is 3.13. The van der Waals surface area contributed by atoms with Crippen molar-refractivity contribution in [2.75, 3.05) is 10.6 Å². The highest BCUT2D eigenvalue weighted by atomic mass is 79.9. The Kier molecular flexibility index (Phi) is 3.81. The van der Waals surface area contributed by atoms with Crippen LogP contribution in [0.4, 0.5) is 5.69 Å². The number of alkyl halides is 1. The van der Waals surface area contributed by atoms with Gasteiger partial charge >= 0.3 is 0 Å². The molecule has 3 N–H and O–H groups in total. The van der Waals surface area contributed by atoms with Crippen LogP contribution in [-0.2, 0) is 11.2 Å². The molecule has 2 atom stereocenters. The topological polar surface area (TPSA) is 69.6 Å². The number of hydrogen-bond acceptors (Lipinski definition) is 3. The van der Waals surface area contributed by atoms with Gasteiger partial charge in [-0.1, -0.05) is 28.1 Å². The second-order valence-electron chi connectivity index (χ2n) is 4.13. The van der Waals surface area contributed by atoms with E-state index in [-0.39, 0.29) is 5.91 Å². The Labute approximate surface area is 108 Å². The van der Waals surface area contributed by atoms with Gasteiger partial charge in [-0.2, -0.15) is 0 Å². The van der Waals surface area contributed by atoms with Crippen LogP contribution in [0.5, 0.6) is 0 Å². The number of halogens is 1. The first-order valence-electron chi connectivity index (χ1n) is 5.46. The van der Waals surface area contributed by atoms with Gasteiger partial charge in [0.05, 0.1) is 6.10 Å². The fourth-order valence-corrected chi connectivity index (χ4v) is 2.25. The highest BCUT2D eigenvalue weighted by Gasteiger charge is 2.20. The van der Waals surface area contributed by atoms with Gasteiger partial charge in [0.15, 0.2) is 0 Å². The van der Waals surface area contributed by atoms with Crippen molar-refractivity contribution in [2.45, 2.75) is 25.0 Å². The van der Waals surface area contributed by atoms with E-state index in [4.69, 9.17) is 0 Å². The Morgan fingerprint density at radius 2 is 2.12 bits per heavy atom. The Balaban J connectivity index is 2.24. The molecule has 1 aromatic rings. The predicted molar refractivity (Wildman–Crippen MR) is 68.2 cm³/mol. The van der Waals surface area contributed by atoms with Crippen molar-refractivity contribution in [3.8, 4) is 0 Å². The van der Waals surface area contributed by atoms with Gasteiger partial charge in [-0.3, -0.25) is 4.79 Å². The van der Waals surface area contributed by atoms with Crippen molar-refractivity contribution in [3.63, 3.8) is 0 Å².